The first-order chi connectivity index (χ1) is 11.1. The first-order valence-electron chi connectivity index (χ1n) is 7.11. The van der Waals surface area contributed by atoms with Gasteiger partial charge in [0, 0.05) is 0 Å². The van der Waals surface area contributed by atoms with Gasteiger partial charge in [-0.2, -0.15) is 0 Å². The van der Waals surface area contributed by atoms with Crippen LogP contribution in [0.5, 0.6) is 0 Å². The van der Waals surface area contributed by atoms with Crippen LogP contribution in [0.4, 0.5) is 9.18 Å². The van der Waals surface area contributed by atoms with Crippen LogP contribution in [0.2, 0.25) is 0 Å². The van der Waals surface area contributed by atoms with Gasteiger partial charge < -0.3 is 20.3 Å². The van der Waals surface area contributed by atoms with Crippen molar-refractivity contribution < 1.29 is 24.1 Å². The summed E-state index contributed by atoms with van der Waals surface area (Å²) in [5.41, 5.74) is 1.20. The smallest absolute Gasteiger partial charge is 0.407 e. The van der Waals surface area contributed by atoms with E-state index >= 15 is 0 Å². The molecular weight excluding hydrogens is 301 g/mol. The van der Waals surface area contributed by atoms with Crippen LogP contribution < -0.4 is 5.32 Å². The summed E-state index contributed by atoms with van der Waals surface area (Å²) in [5, 5.41) is 21.9. The number of halogens is 1. The molecule has 0 aliphatic carbocycles. The third-order valence-electron chi connectivity index (χ3n) is 3.31. The SMILES string of the molecule is O=C(N[C@H](CO)[C@H](O)c1ccc(F)cc1)OCc1ccccc1. The fraction of sp³-hybridized carbons (Fsp3) is 0.235. The van der Waals surface area contributed by atoms with Crippen molar-refractivity contribution in [1.82, 2.24) is 5.32 Å². The summed E-state index contributed by atoms with van der Waals surface area (Å²) in [6, 6.07) is 13.3. The monoisotopic (exact) mass is 319 g/mol. The summed E-state index contributed by atoms with van der Waals surface area (Å²) in [5.74, 6) is -0.434. The van der Waals surface area contributed by atoms with Gasteiger partial charge in [0.15, 0.2) is 0 Å². The van der Waals surface area contributed by atoms with E-state index in [2.05, 4.69) is 5.32 Å². The van der Waals surface area contributed by atoms with Gasteiger partial charge in [0.05, 0.1) is 12.6 Å². The molecule has 0 saturated carbocycles. The van der Waals surface area contributed by atoms with Gasteiger partial charge in [0.2, 0.25) is 0 Å². The van der Waals surface area contributed by atoms with Gasteiger partial charge in [-0.15, -0.1) is 0 Å². The van der Waals surface area contributed by atoms with E-state index in [-0.39, 0.29) is 6.61 Å². The van der Waals surface area contributed by atoms with Crippen LogP contribution in [0.3, 0.4) is 0 Å². The molecule has 0 heterocycles. The Morgan fingerprint density at radius 1 is 1.13 bits per heavy atom. The molecule has 0 fully saturated rings. The number of aliphatic hydroxyl groups is 2. The minimum absolute atomic E-state index is 0.0808. The van der Waals surface area contributed by atoms with Crippen molar-refractivity contribution in [2.45, 2.75) is 18.8 Å². The quantitative estimate of drug-likeness (QED) is 0.762. The second kappa shape index (κ2) is 8.26. The highest BCUT2D eigenvalue weighted by molar-refractivity contribution is 5.67. The summed E-state index contributed by atoms with van der Waals surface area (Å²) in [6.45, 7) is -0.406. The number of nitrogens with one attached hydrogen (secondary N) is 1. The minimum Gasteiger partial charge on any atom is -0.445 e. The van der Waals surface area contributed by atoms with Crippen molar-refractivity contribution in [3.05, 3.63) is 71.5 Å². The van der Waals surface area contributed by atoms with Gasteiger partial charge in [0.1, 0.15) is 18.5 Å². The Bertz CT molecular complexity index is 618. The van der Waals surface area contributed by atoms with Gasteiger partial charge in [-0.3, -0.25) is 0 Å². The molecule has 1 amide bonds. The fourth-order valence-corrected chi connectivity index (χ4v) is 2.03. The zero-order valence-electron chi connectivity index (χ0n) is 12.4. The van der Waals surface area contributed by atoms with E-state index in [1.807, 2.05) is 30.3 Å². The van der Waals surface area contributed by atoms with Crippen LogP contribution in [0, 0.1) is 5.82 Å². The number of amides is 1. The number of alkyl carbamates (subject to hydrolysis) is 1. The highest BCUT2D eigenvalue weighted by atomic mass is 19.1. The summed E-state index contributed by atoms with van der Waals surface area (Å²) in [6.07, 6.45) is -1.93. The average Bonchev–Trinajstić information content (AvgIpc) is 2.59. The standard InChI is InChI=1S/C17H18FNO4/c18-14-8-6-13(7-9-14)16(21)15(10-20)19-17(22)23-11-12-4-2-1-3-5-12/h1-9,15-16,20-21H,10-11H2,(H,19,22)/t15-,16-/m1/s1. The predicted molar refractivity (Wildman–Crippen MR) is 82.0 cm³/mol. The molecule has 2 aromatic rings. The summed E-state index contributed by atoms with van der Waals surface area (Å²) < 4.78 is 17.9. The minimum atomic E-state index is -1.18. The number of carbonyl (C=O) groups excluding carboxylic acids is 1. The van der Waals surface area contributed by atoms with Crippen molar-refractivity contribution in [3.63, 3.8) is 0 Å². The molecule has 0 bridgehead atoms. The van der Waals surface area contributed by atoms with E-state index in [1.54, 1.807) is 0 Å². The van der Waals surface area contributed by atoms with Gasteiger partial charge in [-0.05, 0) is 23.3 Å². The highest BCUT2D eigenvalue weighted by Crippen LogP contribution is 2.17. The van der Waals surface area contributed by atoms with E-state index < -0.39 is 30.7 Å². The van der Waals surface area contributed by atoms with Crippen molar-refractivity contribution in [3.8, 4) is 0 Å². The van der Waals surface area contributed by atoms with E-state index in [1.165, 1.54) is 24.3 Å². The lowest BCUT2D eigenvalue weighted by Gasteiger charge is -2.22. The molecule has 23 heavy (non-hydrogen) atoms. The third kappa shape index (κ3) is 5.05. The molecule has 122 valence electrons. The van der Waals surface area contributed by atoms with Crippen molar-refractivity contribution in [1.29, 1.82) is 0 Å². The van der Waals surface area contributed by atoms with Crippen LogP contribution in [0.1, 0.15) is 17.2 Å². The largest absolute Gasteiger partial charge is 0.445 e. The summed E-state index contributed by atoms with van der Waals surface area (Å²) in [4.78, 5) is 11.8. The van der Waals surface area contributed by atoms with E-state index in [0.717, 1.165) is 5.56 Å². The lowest BCUT2D eigenvalue weighted by atomic mass is 10.0. The Kier molecular flexibility index (Phi) is 6.08. The molecule has 0 radical (unpaired) electrons. The van der Waals surface area contributed by atoms with E-state index in [4.69, 9.17) is 4.74 Å². The molecule has 0 saturated heterocycles. The lowest BCUT2D eigenvalue weighted by Crippen LogP contribution is -2.42. The molecule has 2 rings (SSSR count). The Labute approximate surface area is 133 Å². The molecule has 0 aromatic heterocycles. The van der Waals surface area contributed by atoms with Crippen LogP contribution in [0.25, 0.3) is 0 Å². The van der Waals surface area contributed by atoms with Gasteiger partial charge in [0.25, 0.3) is 0 Å². The Morgan fingerprint density at radius 3 is 2.39 bits per heavy atom. The normalized spacial score (nSPS) is 13.2. The topological polar surface area (TPSA) is 78.8 Å². The Balaban J connectivity index is 1.90. The van der Waals surface area contributed by atoms with Crippen molar-refractivity contribution in [2.24, 2.45) is 0 Å². The predicted octanol–water partition coefficient (Wildman–Crippen LogP) is 2.15. The first kappa shape index (κ1) is 16.9. The number of hydrogen-bond acceptors (Lipinski definition) is 4. The van der Waals surface area contributed by atoms with Crippen LogP contribution in [0.15, 0.2) is 54.6 Å². The maximum Gasteiger partial charge on any atom is 0.407 e. The average molecular weight is 319 g/mol. The fourth-order valence-electron chi connectivity index (χ4n) is 2.03. The highest BCUT2D eigenvalue weighted by Gasteiger charge is 2.22. The molecule has 5 nitrogen and oxygen atoms in total. The molecule has 2 atom stereocenters. The van der Waals surface area contributed by atoms with Crippen molar-refractivity contribution >= 4 is 6.09 Å². The van der Waals surface area contributed by atoms with Crippen LogP contribution in [-0.4, -0.2) is 29.0 Å². The molecule has 2 aromatic carbocycles. The number of benzene rings is 2. The first-order valence-corrected chi connectivity index (χ1v) is 7.11. The number of ether oxygens (including phenoxy) is 1. The van der Waals surface area contributed by atoms with Gasteiger partial charge in [-0.1, -0.05) is 42.5 Å². The third-order valence-corrected chi connectivity index (χ3v) is 3.31. The van der Waals surface area contributed by atoms with Gasteiger partial charge >= 0.3 is 6.09 Å². The maximum absolute atomic E-state index is 12.9. The number of rotatable bonds is 6. The molecule has 0 unspecified atom stereocenters. The second-order valence-corrected chi connectivity index (χ2v) is 4.99. The van der Waals surface area contributed by atoms with Crippen LogP contribution >= 0.6 is 0 Å². The van der Waals surface area contributed by atoms with Crippen LogP contribution in [-0.2, 0) is 11.3 Å². The zero-order chi connectivity index (χ0) is 16.7. The molecule has 0 aliphatic rings. The number of aliphatic hydroxyl groups excluding tert-OH is 2. The van der Waals surface area contributed by atoms with E-state index in [9.17, 15) is 19.4 Å². The Hall–Kier alpha value is -2.44. The molecule has 6 heteroatoms. The molecular formula is C17H18FNO4. The number of carbonyl (C=O) groups is 1. The number of hydrogen-bond donors (Lipinski definition) is 3. The van der Waals surface area contributed by atoms with Gasteiger partial charge in [-0.25, -0.2) is 9.18 Å². The van der Waals surface area contributed by atoms with E-state index in [0.29, 0.717) is 5.56 Å². The molecule has 0 aliphatic heterocycles. The summed E-state index contributed by atoms with van der Waals surface area (Å²) >= 11 is 0. The molecule has 0 spiro atoms. The summed E-state index contributed by atoms with van der Waals surface area (Å²) in [7, 11) is 0. The maximum atomic E-state index is 12.9. The second-order valence-electron chi connectivity index (χ2n) is 4.99. The molecule has 3 N–H and O–H groups in total. The zero-order valence-corrected chi connectivity index (χ0v) is 12.4. The van der Waals surface area contributed by atoms with Crippen molar-refractivity contribution in [2.75, 3.05) is 6.61 Å². The Morgan fingerprint density at radius 2 is 1.78 bits per heavy atom. The lowest BCUT2D eigenvalue weighted by molar-refractivity contribution is 0.0763.